The molecule has 7 heteroatoms. The largest absolute Gasteiger partial charge is 0.479 e. The Bertz CT molecular complexity index is 585. The van der Waals surface area contributed by atoms with Crippen LogP contribution in [0, 0.1) is 0 Å². The molecule has 19 heavy (non-hydrogen) atoms. The van der Waals surface area contributed by atoms with Crippen LogP contribution in [0.4, 0.5) is 0 Å². The van der Waals surface area contributed by atoms with Crippen LogP contribution < -0.4 is 0 Å². The lowest BCUT2D eigenvalue weighted by Gasteiger charge is -2.04. The number of nitrogens with zero attached hydrogens (tertiary/aromatic N) is 2. The molecule has 1 atom stereocenters. The van der Waals surface area contributed by atoms with Gasteiger partial charge in [0.05, 0.1) is 5.56 Å². The van der Waals surface area contributed by atoms with Gasteiger partial charge >= 0.3 is 5.97 Å². The summed E-state index contributed by atoms with van der Waals surface area (Å²) in [6.07, 6.45) is -0.918. The Morgan fingerprint density at radius 2 is 2.21 bits per heavy atom. The minimum Gasteiger partial charge on any atom is -0.479 e. The standard InChI is InChI=1S/C12H11BrN2O4/c1-7(12(16)17)18-6-10-14-15-11(19-10)8-4-2-3-5-9(8)13/h2-5,7H,6H2,1H3,(H,16,17)/t7-/m0/s1. The second-order valence-electron chi connectivity index (χ2n) is 3.77. The van der Waals surface area contributed by atoms with Crippen LogP contribution in [0.3, 0.4) is 0 Å². The zero-order valence-electron chi connectivity index (χ0n) is 10.0. The van der Waals surface area contributed by atoms with Crippen LogP contribution in [-0.2, 0) is 16.1 Å². The van der Waals surface area contributed by atoms with Crippen LogP contribution >= 0.6 is 15.9 Å². The third-order valence-corrected chi connectivity index (χ3v) is 3.07. The molecule has 0 spiro atoms. The molecule has 1 heterocycles. The highest BCUT2D eigenvalue weighted by Gasteiger charge is 2.15. The quantitative estimate of drug-likeness (QED) is 0.908. The van der Waals surface area contributed by atoms with Gasteiger partial charge in [0, 0.05) is 4.47 Å². The number of aromatic nitrogens is 2. The van der Waals surface area contributed by atoms with Gasteiger partial charge in [0.15, 0.2) is 6.10 Å². The summed E-state index contributed by atoms with van der Waals surface area (Å²) >= 11 is 3.39. The van der Waals surface area contributed by atoms with E-state index in [0.29, 0.717) is 5.89 Å². The number of aliphatic carboxylic acids is 1. The normalized spacial score (nSPS) is 12.3. The zero-order chi connectivity index (χ0) is 13.8. The molecular weight excluding hydrogens is 316 g/mol. The first-order valence-electron chi connectivity index (χ1n) is 5.49. The molecular formula is C12H11BrN2O4. The molecule has 0 aliphatic heterocycles. The van der Waals surface area contributed by atoms with E-state index in [-0.39, 0.29) is 12.5 Å². The number of rotatable bonds is 5. The second-order valence-corrected chi connectivity index (χ2v) is 4.63. The van der Waals surface area contributed by atoms with Crippen molar-refractivity contribution in [1.29, 1.82) is 0 Å². The van der Waals surface area contributed by atoms with Crippen LogP contribution in [-0.4, -0.2) is 27.4 Å². The van der Waals surface area contributed by atoms with Crippen LogP contribution in [0.25, 0.3) is 11.5 Å². The average Bonchev–Trinajstić information content (AvgIpc) is 2.85. The molecule has 0 unspecified atom stereocenters. The molecule has 0 saturated carbocycles. The number of carboxylic acid groups (broad SMARTS) is 1. The Labute approximate surface area is 117 Å². The summed E-state index contributed by atoms with van der Waals surface area (Å²) in [5.74, 6) is -0.446. The third kappa shape index (κ3) is 3.39. The highest BCUT2D eigenvalue weighted by atomic mass is 79.9. The molecule has 1 aromatic heterocycles. The van der Waals surface area contributed by atoms with E-state index in [4.69, 9.17) is 14.3 Å². The van der Waals surface area contributed by atoms with Gasteiger partial charge in [0.2, 0.25) is 11.8 Å². The van der Waals surface area contributed by atoms with E-state index in [1.807, 2.05) is 24.3 Å². The van der Waals surface area contributed by atoms with Crippen molar-refractivity contribution in [2.45, 2.75) is 19.6 Å². The minimum absolute atomic E-state index is 0.0368. The lowest BCUT2D eigenvalue weighted by atomic mass is 10.2. The van der Waals surface area contributed by atoms with Gasteiger partial charge in [-0.25, -0.2) is 4.79 Å². The summed E-state index contributed by atoms with van der Waals surface area (Å²) in [4.78, 5) is 10.6. The molecule has 0 aliphatic carbocycles. The van der Waals surface area contributed by atoms with Crippen LogP contribution in [0.15, 0.2) is 33.2 Å². The number of carboxylic acids is 1. The van der Waals surface area contributed by atoms with Gasteiger partial charge in [-0.15, -0.1) is 10.2 Å². The fourth-order valence-corrected chi connectivity index (χ4v) is 1.78. The maximum Gasteiger partial charge on any atom is 0.332 e. The van der Waals surface area contributed by atoms with Crippen molar-refractivity contribution in [3.05, 3.63) is 34.6 Å². The van der Waals surface area contributed by atoms with E-state index in [1.54, 1.807) is 0 Å². The summed E-state index contributed by atoms with van der Waals surface area (Å²) < 4.78 is 11.3. The molecule has 0 saturated heterocycles. The number of ether oxygens (including phenoxy) is 1. The van der Waals surface area contributed by atoms with Gasteiger partial charge in [-0.3, -0.25) is 0 Å². The van der Waals surface area contributed by atoms with Crippen molar-refractivity contribution >= 4 is 21.9 Å². The number of halogens is 1. The van der Waals surface area contributed by atoms with E-state index in [2.05, 4.69) is 26.1 Å². The van der Waals surface area contributed by atoms with Gasteiger partial charge in [-0.1, -0.05) is 12.1 Å². The van der Waals surface area contributed by atoms with Crippen molar-refractivity contribution in [2.75, 3.05) is 0 Å². The van der Waals surface area contributed by atoms with E-state index in [1.165, 1.54) is 6.92 Å². The monoisotopic (exact) mass is 326 g/mol. The molecule has 100 valence electrons. The molecule has 0 amide bonds. The van der Waals surface area contributed by atoms with Crippen LogP contribution in [0.1, 0.15) is 12.8 Å². The maximum atomic E-state index is 10.6. The molecule has 0 aliphatic rings. The van der Waals surface area contributed by atoms with E-state index in [0.717, 1.165) is 10.0 Å². The summed E-state index contributed by atoms with van der Waals surface area (Å²) in [7, 11) is 0. The fourth-order valence-electron chi connectivity index (χ4n) is 1.32. The van der Waals surface area contributed by atoms with Crippen LogP contribution in [0.5, 0.6) is 0 Å². The van der Waals surface area contributed by atoms with Crippen molar-refractivity contribution in [3.63, 3.8) is 0 Å². The number of benzene rings is 1. The summed E-state index contributed by atoms with van der Waals surface area (Å²) in [6.45, 7) is 1.40. The van der Waals surface area contributed by atoms with Crippen LogP contribution in [0.2, 0.25) is 0 Å². The average molecular weight is 327 g/mol. The smallest absolute Gasteiger partial charge is 0.332 e. The van der Waals surface area contributed by atoms with Crippen molar-refractivity contribution in [3.8, 4) is 11.5 Å². The molecule has 6 nitrogen and oxygen atoms in total. The summed E-state index contributed by atoms with van der Waals surface area (Å²) in [5.41, 5.74) is 0.771. The Kier molecular flexibility index (Phi) is 4.28. The van der Waals surface area contributed by atoms with E-state index in [9.17, 15) is 4.79 Å². The predicted octanol–water partition coefficient (Wildman–Crippen LogP) is 2.49. The zero-order valence-corrected chi connectivity index (χ0v) is 11.6. The van der Waals surface area contributed by atoms with Gasteiger partial charge in [-0.05, 0) is 35.0 Å². The molecule has 0 bridgehead atoms. The van der Waals surface area contributed by atoms with E-state index < -0.39 is 12.1 Å². The molecule has 1 N–H and O–H groups in total. The number of hydrogen-bond donors (Lipinski definition) is 1. The van der Waals surface area contributed by atoms with Crippen molar-refractivity contribution in [2.24, 2.45) is 0 Å². The van der Waals surface area contributed by atoms with Crippen molar-refractivity contribution in [1.82, 2.24) is 10.2 Å². The SMILES string of the molecule is C[C@H](OCc1nnc(-c2ccccc2Br)o1)C(=O)O. The van der Waals surface area contributed by atoms with Gasteiger partial charge in [-0.2, -0.15) is 0 Å². The topological polar surface area (TPSA) is 85.5 Å². The number of hydrogen-bond acceptors (Lipinski definition) is 5. The number of carbonyl (C=O) groups is 1. The third-order valence-electron chi connectivity index (χ3n) is 2.38. The first kappa shape index (κ1) is 13.7. The molecule has 2 rings (SSSR count). The van der Waals surface area contributed by atoms with Gasteiger partial charge in [0.1, 0.15) is 6.61 Å². The first-order chi connectivity index (χ1) is 9.08. The maximum absolute atomic E-state index is 10.6. The fraction of sp³-hybridized carbons (Fsp3) is 0.250. The molecule has 1 aromatic carbocycles. The van der Waals surface area contributed by atoms with Crippen molar-refractivity contribution < 1.29 is 19.1 Å². The highest BCUT2D eigenvalue weighted by Crippen LogP contribution is 2.26. The Balaban J connectivity index is 2.08. The minimum atomic E-state index is -1.04. The van der Waals surface area contributed by atoms with Gasteiger partial charge in [0.25, 0.3) is 0 Å². The molecule has 0 fully saturated rings. The first-order valence-corrected chi connectivity index (χ1v) is 6.29. The molecule has 2 aromatic rings. The Morgan fingerprint density at radius 1 is 1.47 bits per heavy atom. The highest BCUT2D eigenvalue weighted by molar-refractivity contribution is 9.10. The van der Waals surface area contributed by atoms with E-state index >= 15 is 0 Å². The second kappa shape index (κ2) is 5.94. The Morgan fingerprint density at radius 3 is 2.89 bits per heavy atom. The summed E-state index contributed by atoms with van der Waals surface area (Å²) in [5, 5.41) is 16.4. The lowest BCUT2D eigenvalue weighted by molar-refractivity contribution is -0.150. The lowest BCUT2D eigenvalue weighted by Crippen LogP contribution is -2.19. The molecule has 0 radical (unpaired) electrons. The van der Waals surface area contributed by atoms with Gasteiger partial charge < -0.3 is 14.3 Å². The predicted molar refractivity (Wildman–Crippen MR) is 69.3 cm³/mol. The Hall–Kier alpha value is -1.73. The summed E-state index contributed by atoms with van der Waals surface area (Å²) in [6, 6.07) is 7.43.